The van der Waals surface area contributed by atoms with Crippen molar-refractivity contribution in [3.05, 3.63) is 12.7 Å². The maximum absolute atomic E-state index is 12.0. The minimum absolute atomic E-state index is 0.259. The van der Waals surface area contributed by atoms with E-state index in [0.29, 0.717) is 17.6 Å². The number of carbonyl (C=O) groups excluding carboxylic acids is 1. The molecule has 0 heterocycles. The molecule has 0 aromatic rings. The van der Waals surface area contributed by atoms with Gasteiger partial charge in [-0.1, -0.05) is 33.8 Å². The van der Waals surface area contributed by atoms with Gasteiger partial charge in [0.1, 0.15) is 0 Å². The molecule has 0 aromatic heterocycles. The number of rotatable bonds is 8. The lowest BCUT2D eigenvalue weighted by molar-refractivity contribution is -0.129. The highest BCUT2D eigenvalue weighted by Crippen LogP contribution is 2.08. The van der Waals surface area contributed by atoms with Crippen molar-refractivity contribution in [1.82, 2.24) is 4.90 Å². The van der Waals surface area contributed by atoms with Crippen molar-refractivity contribution in [2.24, 2.45) is 11.8 Å². The zero-order valence-corrected chi connectivity index (χ0v) is 11.8. The first-order chi connectivity index (χ1) is 7.47. The number of thioether (sulfide) groups is 1. The van der Waals surface area contributed by atoms with E-state index in [-0.39, 0.29) is 5.91 Å². The van der Waals surface area contributed by atoms with Crippen molar-refractivity contribution in [1.29, 1.82) is 0 Å². The fraction of sp³-hybridized carbons (Fsp3) is 0.769. The third-order valence-corrected chi connectivity index (χ3v) is 2.91. The first-order valence-corrected chi connectivity index (χ1v) is 7.09. The van der Waals surface area contributed by atoms with Gasteiger partial charge in [-0.25, -0.2) is 0 Å². The van der Waals surface area contributed by atoms with Crippen LogP contribution in [0.2, 0.25) is 0 Å². The molecule has 0 N–H and O–H groups in total. The van der Waals surface area contributed by atoms with Crippen LogP contribution in [0.1, 0.15) is 27.7 Å². The average Bonchev–Trinajstić information content (AvgIpc) is 2.15. The van der Waals surface area contributed by atoms with Crippen LogP contribution in [0.4, 0.5) is 0 Å². The lowest BCUT2D eigenvalue weighted by Gasteiger charge is -2.26. The van der Waals surface area contributed by atoms with E-state index in [4.69, 9.17) is 0 Å². The second-order valence-corrected chi connectivity index (χ2v) is 5.92. The molecular weight excluding hydrogens is 218 g/mol. The minimum Gasteiger partial charge on any atom is -0.341 e. The van der Waals surface area contributed by atoms with Gasteiger partial charge in [-0.3, -0.25) is 4.79 Å². The molecule has 16 heavy (non-hydrogen) atoms. The first kappa shape index (κ1) is 15.6. The smallest absolute Gasteiger partial charge is 0.232 e. The van der Waals surface area contributed by atoms with Gasteiger partial charge in [0.2, 0.25) is 5.91 Å². The van der Waals surface area contributed by atoms with Crippen LogP contribution in [-0.4, -0.2) is 35.4 Å². The second-order valence-electron chi connectivity index (χ2n) is 4.89. The van der Waals surface area contributed by atoms with E-state index in [1.165, 1.54) is 0 Å². The Bertz CT molecular complexity index is 204. The van der Waals surface area contributed by atoms with Gasteiger partial charge in [-0.05, 0) is 11.8 Å². The molecule has 0 aliphatic carbocycles. The molecular formula is C13H25NOS. The number of carbonyl (C=O) groups is 1. The highest BCUT2D eigenvalue weighted by molar-refractivity contribution is 8.00. The van der Waals surface area contributed by atoms with Crippen LogP contribution in [0.5, 0.6) is 0 Å². The SMILES string of the molecule is C=CCSCC(=O)N(CC(C)C)CC(C)C. The molecule has 0 radical (unpaired) electrons. The highest BCUT2D eigenvalue weighted by Gasteiger charge is 2.15. The number of nitrogens with zero attached hydrogens (tertiary/aromatic N) is 1. The Balaban J connectivity index is 4.14. The van der Waals surface area contributed by atoms with E-state index in [2.05, 4.69) is 34.3 Å². The number of hydrogen-bond donors (Lipinski definition) is 0. The van der Waals surface area contributed by atoms with Crippen molar-refractivity contribution in [2.45, 2.75) is 27.7 Å². The molecule has 0 saturated carbocycles. The first-order valence-electron chi connectivity index (χ1n) is 5.93. The Morgan fingerprint density at radius 1 is 1.25 bits per heavy atom. The molecule has 0 spiro atoms. The lowest BCUT2D eigenvalue weighted by Crippen LogP contribution is -2.38. The summed E-state index contributed by atoms with van der Waals surface area (Å²) >= 11 is 1.63. The summed E-state index contributed by atoms with van der Waals surface area (Å²) in [7, 11) is 0. The van der Waals surface area contributed by atoms with Gasteiger partial charge in [0, 0.05) is 18.8 Å². The van der Waals surface area contributed by atoms with Gasteiger partial charge in [0.15, 0.2) is 0 Å². The van der Waals surface area contributed by atoms with Crippen LogP contribution < -0.4 is 0 Å². The molecule has 0 aliphatic heterocycles. The lowest BCUT2D eigenvalue weighted by atomic mass is 10.1. The molecule has 0 atom stereocenters. The summed E-state index contributed by atoms with van der Waals surface area (Å²) in [6.45, 7) is 14.0. The second kappa shape index (κ2) is 8.68. The van der Waals surface area contributed by atoms with Gasteiger partial charge >= 0.3 is 0 Å². The maximum atomic E-state index is 12.0. The molecule has 0 aliphatic rings. The molecule has 1 amide bonds. The zero-order chi connectivity index (χ0) is 12.6. The van der Waals surface area contributed by atoms with E-state index >= 15 is 0 Å². The van der Waals surface area contributed by atoms with Crippen LogP contribution in [-0.2, 0) is 4.79 Å². The van der Waals surface area contributed by atoms with Gasteiger partial charge in [0.05, 0.1) is 5.75 Å². The summed E-state index contributed by atoms with van der Waals surface area (Å²) in [4.78, 5) is 14.0. The van der Waals surface area contributed by atoms with Gasteiger partial charge in [0.25, 0.3) is 0 Å². The largest absolute Gasteiger partial charge is 0.341 e. The molecule has 0 bridgehead atoms. The van der Waals surface area contributed by atoms with Crippen LogP contribution in [0.25, 0.3) is 0 Å². The Hall–Kier alpha value is -0.440. The average molecular weight is 243 g/mol. The fourth-order valence-corrected chi connectivity index (χ4v) is 2.12. The quantitative estimate of drug-likeness (QED) is 0.482. The fourth-order valence-electron chi connectivity index (χ4n) is 1.48. The predicted molar refractivity (Wildman–Crippen MR) is 73.8 cm³/mol. The minimum atomic E-state index is 0.259. The number of amides is 1. The Labute approximate surface area is 104 Å². The van der Waals surface area contributed by atoms with Crippen LogP contribution in [0, 0.1) is 11.8 Å². The molecule has 0 unspecified atom stereocenters. The van der Waals surface area contributed by atoms with Gasteiger partial charge < -0.3 is 4.90 Å². The molecule has 0 fully saturated rings. The molecule has 0 saturated heterocycles. The van der Waals surface area contributed by atoms with Crippen molar-refractivity contribution in [3.8, 4) is 0 Å². The Morgan fingerprint density at radius 2 is 1.75 bits per heavy atom. The molecule has 94 valence electrons. The Kier molecular flexibility index (Phi) is 8.44. The predicted octanol–water partition coefficient (Wildman–Crippen LogP) is 3.05. The van der Waals surface area contributed by atoms with Crippen LogP contribution in [0.3, 0.4) is 0 Å². The standard InChI is InChI=1S/C13H25NOS/c1-6-7-16-10-13(15)14(8-11(2)3)9-12(4)5/h6,11-12H,1,7-10H2,2-5H3. The summed E-state index contributed by atoms with van der Waals surface area (Å²) in [5.74, 6) is 2.75. The van der Waals surface area contributed by atoms with Crippen molar-refractivity contribution in [2.75, 3.05) is 24.6 Å². The van der Waals surface area contributed by atoms with Gasteiger partial charge in [-0.15, -0.1) is 18.3 Å². The molecule has 2 nitrogen and oxygen atoms in total. The summed E-state index contributed by atoms with van der Waals surface area (Å²) < 4.78 is 0. The van der Waals surface area contributed by atoms with Crippen LogP contribution >= 0.6 is 11.8 Å². The van der Waals surface area contributed by atoms with Crippen molar-refractivity contribution >= 4 is 17.7 Å². The Morgan fingerprint density at radius 3 is 2.12 bits per heavy atom. The topological polar surface area (TPSA) is 20.3 Å². The summed E-state index contributed by atoms with van der Waals surface area (Å²) in [6, 6.07) is 0. The van der Waals surface area contributed by atoms with E-state index in [0.717, 1.165) is 18.8 Å². The van der Waals surface area contributed by atoms with E-state index in [1.54, 1.807) is 11.8 Å². The summed E-state index contributed by atoms with van der Waals surface area (Å²) in [5.41, 5.74) is 0. The van der Waals surface area contributed by atoms with E-state index in [9.17, 15) is 4.79 Å². The zero-order valence-electron chi connectivity index (χ0n) is 11.0. The molecule has 0 aromatic carbocycles. The van der Waals surface area contributed by atoms with Crippen LogP contribution in [0.15, 0.2) is 12.7 Å². The molecule has 3 heteroatoms. The van der Waals surface area contributed by atoms with E-state index < -0.39 is 0 Å². The third kappa shape index (κ3) is 7.80. The molecule has 0 rings (SSSR count). The third-order valence-electron chi connectivity index (χ3n) is 1.99. The van der Waals surface area contributed by atoms with Crippen molar-refractivity contribution in [3.63, 3.8) is 0 Å². The normalized spacial score (nSPS) is 10.9. The number of hydrogen-bond acceptors (Lipinski definition) is 2. The van der Waals surface area contributed by atoms with Crippen molar-refractivity contribution < 1.29 is 4.79 Å². The monoisotopic (exact) mass is 243 g/mol. The summed E-state index contributed by atoms with van der Waals surface area (Å²) in [5, 5.41) is 0. The highest BCUT2D eigenvalue weighted by atomic mass is 32.2. The van der Waals surface area contributed by atoms with Gasteiger partial charge in [-0.2, -0.15) is 0 Å². The van der Waals surface area contributed by atoms with E-state index in [1.807, 2.05) is 11.0 Å². The maximum Gasteiger partial charge on any atom is 0.232 e. The summed E-state index contributed by atoms with van der Waals surface area (Å²) in [6.07, 6.45) is 1.84.